The van der Waals surface area contributed by atoms with Crippen LogP contribution in [0.4, 0.5) is 5.13 Å². The summed E-state index contributed by atoms with van der Waals surface area (Å²) in [5, 5.41) is 6.77. The lowest BCUT2D eigenvalue weighted by atomic mass is 10.2. The topological polar surface area (TPSA) is 31.4 Å². The van der Waals surface area contributed by atoms with Crippen molar-refractivity contribution in [3.8, 4) is 0 Å². The van der Waals surface area contributed by atoms with Gasteiger partial charge in [-0.05, 0) is 38.4 Å². The highest BCUT2D eigenvalue weighted by Gasteiger charge is 2.13. The molecule has 0 aliphatic carbocycles. The molecule has 4 nitrogen and oxygen atoms in total. The molecule has 1 N–H and O–H groups in total. The Morgan fingerprint density at radius 1 is 1.40 bits per heavy atom. The molecule has 1 aromatic rings. The van der Waals surface area contributed by atoms with Gasteiger partial charge in [0.2, 0.25) is 0 Å². The third kappa shape index (κ3) is 5.04. The first-order valence-electron chi connectivity index (χ1n) is 7.74. The lowest BCUT2D eigenvalue weighted by molar-refractivity contribution is 0.346. The van der Waals surface area contributed by atoms with Crippen LogP contribution in [-0.2, 0) is 6.54 Å². The van der Waals surface area contributed by atoms with Crippen molar-refractivity contribution in [3.05, 3.63) is 11.1 Å². The van der Waals surface area contributed by atoms with Crippen LogP contribution in [0.5, 0.6) is 0 Å². The molecule has 0 bridgehead atoms. The number of anilines is 1. The molecule has 114 valence electrons. The molecule has 1 aliphatic heterocycles. The number of nitrogens with zero attached hydrogens (tertiary/aromatic N) is 3. The monoisotopic (exact) mass is 296 g/mol. The minimum absolute atomic E-state index is 0.691. The smallest absolute Gasteiger partial charge is 0.185 e. The van der Waals surface area contributed by atoms with Gasteiger partial charge in [0.05, 0.1) is 5.69 Å². The predicted molar refractivity (Wildman–Crippen MR) is 87.6 cm³/mol. The van der Waals surface area contributed by atoms with E-state index in [9.17, 15) is 0 Å². The fourth-order valence-corrected chi connectivity index (χ4v) is 3.25. The second-order valence-corrected chi connectivity index (χ2v) is 6.95. The van der Waals surface area contributed by atoms with Crippen molar-refractivity contribution in [2.45, 2.75) is 33.2 Å². The van der Waals surface area contributed by atoms with Gasteiger partial charge in [-0.15, -0.1) is 11.3 Å². The first-order valence-corrected chi connectivity index (χ1v) is 8.61. The molecular formula is C15H28N4S. The second kappa shape index (κ2) is 7.96. The predicted octanol–water partition coefficient (Wildman–Crippen LogP) is 2.42. The summed E-state index contributed by atoms with van der Waals surface area (Å²) in [7, 11) is 2.15. The summed E-state index contributed by atoms with van der Waals surface area (Å²) in [6.45, 7) is 11.2. The van der Waals surface area contributed by atoms with Crippen LogP contribution >= 0.6 is 11.3 Å². The molecule has 5 heteroatoms. The van der Waals surface area contributed by atoms with Crippen molar-refractivity contribution in [2.24, 2.45) is 5.92 Å². The number of likely N-dealkylation sites (N-methyl/N-ethyl adjacent to an activating group) is 1. The third-order valence-electron chi connectivity index (χ3n) is 3.68. The van der Waals surface area contributed by atoms with Crippen molar-refractivity contribution in [2.75, 3.05) is 44.7 Å². The average molecular weight is 296 g/mol. The van der Waals surface area contributed by atoms with E-state index in [0.29, 0.717) is 5.92 Å². The second-order valence-electron chi connectivity index (χ2n) is 6.12. The summed E-state index contributed by atoms with van der Waals surface area (Å²) < 4.78 is 0. The largest absolute Gasteiger partial charge is 0.350 e. The Bertz CT molecular complexity index is 385. The van der Waals surface area contributed by atoms with Crippen molar-refractivity contribution in [1.29, 1.82) is 0 Å². The van der Waals surface area contributed by atoms with E-state index < -0.39 is 0 Å². The van der Waals surface area contributed by atoms with Gasteiger partial charge in [-0.2, -0.15) is 0 Å². The molecule has 0 aromatic carbocycles. The molecule has 0 radical (unpaired) electrons. The lowest BCUT2D eigenvalue weighted by Crippen LogP contribution is -2.31. The van der Waals surface area contributed by atoms with Gasteiger partial charge < -0.3 is 15.1 Å². The van der Waals surface area contributed by atoms with Crippen LogP contribution < -0.4 is 10.2 Å². The molecule has 2 rings (SSSR count). The quantitative estimate of drug-likeness (QED) is 0.798. The van der Waals surface area contributed by atoms with E-state index in [-0.39, 0.29) is 0 Å². The van der Waals surface area contributed by atoms with E-state index in [0.717, 1.165) is 31.3 Å². The van der Waals surface area contributed by atoms with Crippen molar-refractivity contribution in [1.82, 2.24) is 15.2 Å². The normalized spacial score (nSPS) is 16.2. The highest BCUT2D eigenvalue weighted by molar-refractivity contribution is 7.13. The van der Waals surface area contributed by atoms with E-state index >= 15 is 0 Å². The maximum atomic E-state index is 4.72. The Labute approximate surface area is 127 Å². The van der Waals surface area contributed by atoms with Crippen LogP contribution in [0, 0.1) is 5.92 Å². The zero-order chi connectivity index (χ0) is 14.4. The Hall–Kier alpha value is -0.650. The van der Waals surface area contributed by atoms with Gasteiger partial charge in [0.1, 0.15) is 0 Å². The van der Waals surface area contributed by atoms with E-state index in [4.69, 9.17) is 4.98 Å². The molecule has 0 spiro atoms. The summed E-state index contributed by atoms with van der Waals surface area (Å²) in [6, 6.07) is 0. The molecule has 0 amide bonds. The molecule has 0 unspecified atom stereocenters. The van der Waals surface area contributed by atoms with Crippen molar-refractivity contribution in [3.63, 3.8) is 0 Å². The Balaban J connectivity index is 1.72. The van der Waals surface area contributed by atoms with Crippen LogP contribution in [0.2, 0.25) is 0 Å². The van der Waals surface area contributed by atoms with Gasteiger partial charge >= 0.3 is 0 Å². The van der Waals surface area contributed by atoms with Gasteiger partial charge in [-0.25, -0.2) is 4.98 Å². The standard InChI is InChI=1S/C15H28N4S/c1-13(2)10-16-11-14-12-20-15(17-14)18(3)8-9-19-6-4-5-7-19/h12-13,16H,4-11H2,1-3H3. The van der Waals surface area contributed by atoms with E-state index in [1.807, 2.05) is 0 Å². The zero-order valence-corrected chi connectivity index (χ0v) is 13.9. The summed E-state index contributed by atoms with van der Waals surface area (Å²) >= 11 is 1.76. The minimum atomic E-state index is 0.691. The van der Waals surface area contributed by atoms with E-state index in [2.05, 4.69) is 41.4 Å². The number of rotatable bonds is 8. The lowest BCUT2D eigenvalue weighted by Gasteiger charge is -2.20. The Morgan fingerprint density at radius 2 is 2.15 bits per heavy atom. The number of thiazole rings is 1. The van der Waals surface area contributed by atoms with Crippen LogP contribution in [0.1, 0.15) is 32.4 Å². The van der Waals surface area contributed by atoms with Crippen LogP contribution in [0.3, 0.4) is 0 Å². The maximum absolute atomic E-state index is 4.72. The van der Waals surface area contributed by atoms with E-state index in [1.165, 1.54) is 31.6 Å². The maximum Gasteiger partial charge on any atom is 0.185 e. The van der Waals surface area contributed by atoms with Crippen molar-refractivity contribution < 1.29 is 0 Å². The fourth-order valence-electron chi connectivity index (χ4n) is 2.44. The number of hydrogen-bond donors (Lipinski definition) is 1. The van der Waals surface area contributed by atoms with Gasteiger partial charge in [0, 0.05) is 32.1 Å². The van der Waals surface area contributed by atoms with Crippen LogP contribution in [0.15, 0.2) is 5.38 Å². The summed E-state index contributed by atoms with van der Waals surface area (Å²) in [4.78, 5) is 9.55. The SMILES string of the molecule is CC(C)CNCc1csc(N(C)CCN2CCCC2)n1. The molecule has 0 saturated carbocycles. The number of nitrogens with one attached hydrogen (secondary N) is 1. The molecule has 20 heavy (non-hydrogen) atoms. The van der Waals surface area contributed by atoms with Gasteiger partial charge in [-0.1, -0.05) is 13.8 Å². The molecular weight excluding hydrogens is 268 g/mol. The first-order chi connectivity index (χ1) is 9.65. The van der Waals surface area contributed by atoms with Gasteiger partial charge in [0.25, 0.3) is 0 Å². The zero-order valence-electron chi connectivity index (χ0n) is 13.1. The number of aromatic nitrogens is 1. The average Bonchev–Trinajstić information content (AvgIpc) is 3.06. The Morgan fingerprint density at radius 3 is 2.85 bits per heavy atom. The summed E-state index contributed by atoms with van der Waals surface area (Å²) in [5.74, 6) is 0.691. The number of hydrogen-bond acceptors (Lipinski definition) is 5. The molecule has 2 heterocycles. The van der Waals surface area contributed by atoms with Crippen molar-refractivity contribution >= 4 is 16.5 Å². The van der Waals surface area contributed by atoms with E-state index in [1.54, 1.807) is 11.3 Å². The first kappa shape index (κ1) is 15.7. The summed E-state index contributed by atoms with van der Waals surface area (Å²) in [6.07, 6.45) is 2.74. The number of likely N-dealkylation sites (tertiary alicyclic amines) is 1. The fraction of sp³-hybridized carbons (Fsp3) is 0.800. The Kier molecular flexibility index (Phi) is 6.26. The highest BCUT2D eigenvalue weighted by Crippen LogP contribution is 2.19. The van der Waals surface area contributed by atoms with Crippen LogP contribution in [-0.4, -0.2) is 49.7 Å². The molecule has 1 fully saturated rings. The molecule has 1 aromatic heterocycles. The van der Waals surface area contributed by atoms with Crippen LogP contribution in [0.25, 0.3) is 0 Å². The van der Waals surface area contributed by atoms with Gasteiger partial charge in [-0.3, -0.25) is 0 Å². The molecule has 0 atom stereocenters. The molecule has 1 saturated heterocycles. The van der Waals surface area contributed by atoms with Gasteiger partial charge in [0.15, 0.2) is 5.13 Å². The third-order valence-corrected chi connectivity index (χ3v) is 4.68. The molecule has 1 aliphatic rings. The minimum Gasteiger partial charge on any atom is -0.350 e. The highest BCUT2D eigenvalue weighted by atomic mass is 32.1. The summed E-state index contributed by atoms with van der Waals surface area (Å²) in [5.41, 5.74) is 1.17.